The van der Waals surface area contributed by atoms with Gasteiger partial charge in [-0.25, -0.2) is 0 Å². The Hall–Kier alpha value is -1.55. The number of rotatable bonds is 6. The van der Waals surface area contributed by atoms with Crippen LogP contribution in [0.2, 0.25) is 0 Å². The molecule has 0 heterocycles. The Morgan fingerprint density at radius 3 is 2.35 bits per heavy atom. The highest BCUT2D eigenvalue weighted by Gasteiger charge is 2.15. The molecule has 0 bridgehead atoms. The van der Waals surface area contributed by atoms with E-state index in [1.807, 2.05) is 13.0 Å². The van der Waals surface area contributed by atoms with Crippen LogP contribution >= 0.6 is 0 Å². The quantitative estimate of drug-likeness (QED) is 0.764. The average molecular weight is 237 g/mol. The van der Waals surface area contributed by atoms with Gasteiger partial charge >= 0.3 is 0 Å². The number of nitrogens with one attached hydrogen (secondary N) is 1. The number of methoxy groups -OCH3 is 2. The Balaban J connectivity index is 3.23. The molecule has 0 aromatic heterocycles. The van der Waals surface area contributed by atoms with Crippen LogP contribution in [0, 0.1) is 0 Å². The molecule has 0 unspecified atom stereocenters. The highest BCUT2D eigenvalue weighted by Crippen LogP contribution is 2.29. The first-order valence-corrected chi connectivity index (χ1v) is 5.60. The summed E-state index contributed by atoms with van der Waals surface area (Å²) in [5.41, 5.74) is 1.58. The molecule has 1 rings (SSSR count). The normalized spacial score (nSPS) is 10.1. The Morgan fingerprint density at radius 1 is 1.24 bits per heavy atom. The minimum absolute atomic E-state index is 0.00898. The number of likely N-dealkylation sites (N-methyl/N-ethyl adjacent to an activating group) is 1. The van der Waals surface area contributed by atoms with Gasteiger partial charge in [-0.3, -0.25) is 4.79 Å². The molecule has 1 aromatic rings. The van der Waals surface area contributed by atoms with Crippen molar-refractivity contribution in [1.82, 2.24) is 5.32 Å². The molecule has 0 radical (unpaired) electrons. The van der Waals surface area contributed by atoms with Gasteiger partial charge in [0.25, 0.3) is 0 Å². The van der Waals surface area contributed by atoms with Gasteiger partial charge in [-0.05, 0) is 31.2 Å². The zero-order chi connectivity index (χ0) is 12.8. The van der Waals surface area contributed by atoms with Crippen LogP contribution in [0.3, 0.4) is 0 Å². The molecule has 0 amide bonds. The molecular weight excluding hydrogens is 218 g/mol. The highest BCUT2D eigenvalue weighted by atomic mass is 16.5. The van der Waals surface area contributed by atoms with Crippen molar-refractivity contribution in [1.29, 1.82) is 0 Å². The van der Waals surface area contributed by atoms with Crippen LogP contribution in [-0.2, 0) is 6.42 Å². The first kappa shape index (κ1) is 13.5. The van der Waals surface area contributed by atoms with Crippen LogP contribution in [0.25, 0.3) is 0 Å². The van der Waals surface area contributed by atoms with Gasteiger partial charge in [0.1, 0.15) is 11.5 Å². The zero-order valence-corrected chi connectivity index (χ0v) is 10.8. The molecule has 4 nitrogen and oxygen atoms in total. The number of Topliss-reactive ketones (excluding diaryl/α,β-unsaturated/α-hetero) is 1. The summed E-state index contributed by atoms with van der Waals surface area (Å²) in [5, 5.41) is 2.84. The van der Waals surface area contributed by atoms with Crippen LogP contribution in [0.5, 0.6) is 11.5 Å². The van der Waals surface area contributed by atoms with Gasteiger partial charge in [0, 0.05) is 0 Å². The van der Waals surface area contributed by atoms with Crippen molar-refractivity contribution >= 4 is 5.78 Å². The minimum atomic E-state index is -0.00898. The van der Waals surface area contributed by atoms with Gasteiger partial charge in [0.2, 0.25) is 0 Å². The van der Waals surface area contributed by atoms with E-state index in [2.05, 4.69) is 5.32 Å². The summed E-state index contributed by atoms with van der Waals surface area (Å²) in [5.74, 6) is 1.32. The molecule has 0 saturated carbocycles. The largest absolute Gasteiger partial charge is 0.496 e. The standard InChI is InChI=1S/C13H19NO3/c1-5-9-6-13(17-4)10(7-12(9)16-3)11(15)8-14-2/h6-7,14H,5,8H2,1-4H3. The lowest BCUT2D eigenvalue weighted by Gasteiger charge is -2.13. The predicted molar refractivity (Wildman–Crippen MR) is 67.2 cm³/mol. The predicted octanol–water partition coefficient (Wildman–Crippen LogP) is 1.67. The average Bonchev–Trinajstić information content (AvgIpc) is 2.37. The molecule has 0 aliphatic carbocycles. The lowest BCUT2D eigenvalue weighted by Crippen LogP contribution is -2.19. The Morgan fingerprint density at radius 2 is 1.88 bits per heavy atom. The van der Waals surface area contributed by atoms with Crippen molar-refractivity contribution < 1.29 is 14.3 Å². The van der Waals surface area contributed by atoms with Crippen molar-refractivity contribution in [2.75, 3.05) is 27.8 Å². The van der Waals surface area contributed by atoms with Crippen LogP contribution in [-0.4, -0.2) is 33.6 Å². The first-order valence-electron chi connectivity index (χ1n) is 5.60. The van der Waals surface area contributed by atoms with E-state index in [-0.39, 0.29) is 12.3 Å². The monoisotopic (exact) mass is 237 g/mol. The van der Waals surface area contributed by atoms with Crippen LogP contribution in [0.15, 0.2) is 12.1 Å². The summed E-state index contributed by atoms with van der Waals surface area (Å²) >= 11 is 0. The third-order valence-electron chi connectivity index (χ3n) is 2.62. The maximum atomic E-state index is 11.9. The topological polar surface area (TPSA) is 47.6 Å². The fourth-order valence-corrected chi connectivity index (χ4v) is 1.71. The number of hydrogen-bond acceptors (Lipinski definition) is 4. The van der Waals surface area contributed by atoms with Crippen LogP contribution in [0.1, 0.15) is 22.8 Å². The number of ether oxygens (including phenoxy) is 2. The maximum Gasteiger partial charge on any atom is 0.180 e. The van der Waals surface area contributed by atoms with E-state index >= 15 is 0 Å². The second-order valence-electron chi connectivity index (χ2n) is 3.67. The van der Waals surface area contributed by atoms with E-state index in [0.29, 0.717) is 11.3 Å². The fraction of sp³-hybridized carbons (Fsp3) is 0.462. The molecule has 4 heteroatoms. The number of ketones is 1. The zero-order valence-electron chi connectivity index (χ0n) is 10.8. The summed E-state index contributed by atoms with van der Waals surface area (Å²) in [4.78, 5) is 11.9. The molecule has 0 aliphatic heterocycles. The number of aryl methyl sites for hydroxylation is 1. The lowest BCUT2D eigenvalue weighted by atomic mass is 10.0. The molecule has 1 aromatic carbocycles. The molecule has 1 N–H and O–H groups in total. The number of carbonyl (C=O) groups excluding carboxylic acids is 1. The Kier molecular flexibility index (Phi) is 4.97. The number of hydrogen-bond donors (Lipinski definition) is 1. The van der Waals surface area contributed by atoms with Crippen molar-refractivity contribution in [3.05, 3.63) is 23.3 Å². The molecule has 0 aliphatic rings. The molecule has 94 valence electrons. The number of benzene rings is 1. The van der Waals surface area contributed by atoms with Gasteiger partial charge in [0.05, 0.1) is 26.3 Å². The maximum absolute atomic E-state index is 11.9. The smallest absolute Gasteiger partial charge is 0.180 e. The van der Waals surface area contributed by atoms with E-state index in [9.17, 15) is 4.79 Å². The molecule has 17 heavy (non-hydrogen) atoms. The summed E-state index contributed by atoms with van der Waals surface area (Å²) in [6.45, 7) is 2.32. The summed E-state index contributed by atoms with van der Waals surface area (Å²) in [7, 11) is 4.91. The van der Waals surface area contributed by atoms with E-state index < -0.39 is 0 Å². The molecule has 0 spiro atoms. The van der Waals surface area contributed by atoms with Crippen LogP contribution in [0.4, 0.5) is 0 Å². The Labute approximate surface area is 102 Å². The van der Waals surface area contributed by atoms with Gasteiger partial charge in [-0.15, -0.1) is 0 Å². The summed E-state index contributed by atoms with van der Waals surface area (Å²) < 4.78 is 10.5. The van der Waals surface area contributed by atoms with Gasteiger partial charge < -0.3 is 14.8 Å². The van der Waals surface area contributed by atoms with Crippen molar-refractivity contribution in [3.63, 3.8) is 0 Å². The SMILES string of the molecule is CCc1cc(OC)c(C(=O)CNC)cc1OC. The number of carbonyl (C=O) groups is 1. The van der Waals surface area contributed by atoms with Gasteiger partial charge in [-0.2, -0.15) is 0 Å². The lowest BCUT2D eigenvalue weighted by molar-refractivity contribution is 0.0990. The second kappa shape index (κ2) is 6.25. The minimum Gasteiger partial charge on any atom is -0.496 e. The van der Waals surface area contributed by atoms with Crippen molar-refractivity contribution in [2.24, 2.45) is 0 Å². The van der Waals surface area contributed by atoms with E-state index in [1.54, 1.807) is 27.3 Å². The van der Waals surface area contributed by atoms with Crippen molar-refractivity contribution in [2.45, 2.75) is 13.3 Å². The Bertz CT molecular complexity index is 402. The van der Waals surface area contributed by atoms with Crippen molar-refractivity contribution in [3.8, 4) is 11.5 Å². The third-order valence-corrected chi connectivity index (χ3v) is 2.62. The van der Waals surface area contributed by atoms with E-state index in [1.165, 1.54) is 0 Å². The summed E-state index contributed by atoms with van der Waals surface area (Å²) in [6.07, 6.45) is 0.833. The third kappa shape index (κ3) is 2.97. The van der Waals surface area contributed by atoms with E-state index in [0.717, 1.165) is 17.7 Å². The fourth-order valence-electron chi connectivity index (χ4n) is 1.71. The molecule has 0 atom stereocenters. The van der Waals surface area contributed by atoms with E-state index in [4.69, 9.17) is 9.47 Å². The first-order chi connectivity index (χ1) is 8.17. The second-order valence-corrected chi connectivity index (χ2v) is 3.67. The highest BCUT2D eigenvalue weighted by molar-refractivity contribution is 6.00. The summed E-state index contributed by atoms with van der Waals surface area (Å²) in [6, 6.07) is 3.61. The van der Waals surface area contributed by atoms with Gasteiger partial charge in [0.15, 0.2) is 5.78 Å². The molecule has 0 fully saturated rings. The molecular formula is C13H19NO3. The van der Waals surface area contributed by atoms with Gasteiger partial charge in [-0.1, -0.05) is 6.92 Å². The van der Waals surface area contributed by atoms with Crippen LogP contribution < -0.4 is 14.8 Å². The molecule has 0 saturated heterocycles.